The second kappa shape index (κ2) is 4.91. The van der Waals surface area contributed by atoms with Gasteiger partial charge in [-0.2, -0.15) is 5.10 Å². The lowest BCUT2D eigenvalue weighted by atomic mass is 9.99. The van der Waals surface area contributed by atoms with Gasteiger partial charge in [0.1, 0.15) is 5.75 Å². The van der Waals surface area contributed by atoms with Crippen molar-refractivity contribution in [2.24, 2.45) is 5.92 Å². The van der Waals surface area contributed by atoms with Crippen LogP contribution in [-0.2, 0) is 11.2 Å². The highest BCUT2D eigenvalue weighted by molar-refractivity contribution is 5.71. The van der Waals surface area contributed by atoms with E-state index in [0.29, 0.717) is 6.42 Å². The number of phenolic OH excluding ortho intramolecular Hbond substituents is 1. The number of carboxylic acids is 1. The van der Waals surface area contributed by atoms with Crippen molar-refractivity contribution in [1.29, 1.82) is 0 Å². The molecule has 0 aliphatic heterocycles. The maximum Gasteiger partial charge on any atom is 0.306 e. The van der Waals surface area contributed by atoms with E-state index in [0.717, 1.165) is 16.8 Å². The fourth-order valence-corrected chi connectivity index (χ4v) is 1.78. The molecule has 18 heavy (non-hydrogen) atoms. The summed E-state index contributed by atoms with van der Waals surface area (Å²) in [6, 6.07) is 6.80. The minimum absolute atomic E-state index is 0.172. The van der Waals surface area contributed by atoms with E-state index in [4.69, 9.17) is 5.11 Å². The summed E-state index contributed by atoms with van der Waals surface area (Å²) in [6.07, 6.45) is 2.01. The average molecular weight is 246 g/mol. The summed E-state index contributed by atoms with van der Waals surface area (Å²) in [5, 5.41) is 25.1. The first kappa shape index (κ1) is 12.2. The maximum atomic E-state index is 10.9. The Labute approximate surface area is 104 Å². The molecule has 0 aliphatic carbocycles. The molecule has 0 radical (unpaired) electrons. The van der Waals surface area contributed by atoms with E-state index in [2.05, 4.69) is 10.2 Å². The van der Waals surface area contributed by atoms with Crippen molar-refractivity contribution in [3.05, 3.63) is 36.2 Å². The second-order valence-corrected chi connectivity index (χ2v) is 4.26. The molecule has 0 aliphatic rings. The number of aliphatic carboxylic acids is 1. The summed E-state index contributed by atoms with van der Waals surface area (Å²) in [5.74, 6) is -1.15. The Kier molecular flexibility index (Phi) is 3.32. The lowest BCUT2D eigenvalue weighted by Gasteiger charge is -2.07. The molecule has 0 saturated carbocycles. The summed E-state index contributed by atoms with van der Waals surface area (Å²) in [4.78, 5) is 10.9. The van der Waals surface area contributed by atoms with Crippen LogP contribution in [0.5, 0.6) is 5.75 Å². The molecule has 0 amide bonds. The van der Waals surface area contributed by atoms with Crippen LogP contribution in [0.2, 0.25) is 0 Å². The molecule has 0 spiro atoms. The molecule has 0 bridgehead atoms. The van der Waals surface area contributed by atoms with Crippen LogP contribution in [-0.4, -0.2) is 26.4 Å². The number of carbonyl (C=O) groups is 1. The quantitative estimate of drug-likeness (QED) is 0.770. The van der Waals surface area contributed by atoms with Gasteiger partial charge in [-0.15, -0.1) is 0 Å². The molecule has 2 aromatic rings. The van der Waals surface area contributed by atoms with Crippen molar-refractivity contribution >= 4 is 5.97 Å². The fourth-order valence-electron chi connectivity index (χ4n) is 1.78. The van der Waals surface area contributed by atoms with Crippen LogP contribution in [0.4, 0.5) is 0 Å². The van der Waals surface area contributed by atoms with Crippen LogP contribution in [0, 0.1) is 5.92 Å². The van der Waals surface area contributed by atoms with Crippen LogP contribution < -0.4 is 0 Å². The first-order chi connectivity index (χ1) is 8.58. The number of aromatic nitrogens is 2. The number of aromatic amines is 1. The highest BCUT2D eigenvalue weighted by Gasteiger charge is 2.16. The molecule has 5 nitrogen and oxygen atoms in total. The van der Waals surface area contributed by atoms with Gasteiger partial charge in [0.05, 0.1) is 12.1 Å². The van der Waals surface area contributed by atoms with Gasteiger partial charge in [0.25, 0.3) is 0 Å². The summed E-state index contributed by atoms with van der Waals surface area (Å²) in [6.45, 7) is 1.65. The van der Waals surface area contributed by atoms with Crippen LogP contribution in [0.25, 0.3) is 11.1 Å². The third-order valence-electron chi connectivity index (χ3n) is 2.81. The smallest absolute Gasteiger partial charge is 0.306 e. The monoisotopic (exact) mass is 246 g/mol. The molecule has 1 aromatic carbocycles. The van der Waals surface area contributed by atoms with Crippen molar-refractivity contribution in [3.8, 4) is 16.9 Å². The van der Waals surface area contributed by atoms with Gasteiger partial charge in [-0.25, -0.2) is 0 Å². The zero-order valence-electron chi connectivity index (χ0n) is 9.92. The van der Waals surface area contributed by atoms with Gasteiger partial charge in [-0.05, 0) is 17.7 Å². The highest BCUT2D eigenvalue weighted by Crippen LogP contribution is 2.26. The van der Waals surface area contributed by atoms with E-state index in [9.17, 15) is 9.90 Å². The number of nitrogens with zero attached hydrogens (tertiary/aromatic N) is 1. The van der Waals surface area contributed by atoms with E-state index < -0.39 is 11.9 Å². The predicted molar refractivity (Wildman–Crippen MR) is 66.2 cm³/mol. The zero-order chi connectivity index (χ0) is 13.1. The standard InChI is InChI=1S/C13H14N2O3/c1-8(13(17)18)5-12-11(7-14-15-12)9-3-2-4-10(16)6-9/h2-4,6-8,16H,5H2,1H3,(H,14,15)(H,17,18). The number of benzene rings is 1. The molecule has 1 unspecified atom stereocenters. The van der Waals surface area contributed by atoms with Crippen molar-refractivity contribution in [2.45, 2.75) is 13.3 Å². The number of nitrogens with one attached hydrogen (secondary N) is 1. The van der Waals surface area contributed by atoms with Gasteiger partial charge in [0.15, 0.2) is 0 Å². The summed E-state index contributed by atoms with van der Waals surface area (Å²) in [7, 11) is 0. The first-order valence-electron chi connectivity index (χ1n) is 5.62. The van der Waals surface area contributed by atoms with Crippen molar-refractivity contribution in [1.82, 2.24) is 10.2 Å². The number of phenols is 1. The molecule has 2 rings (SSSR count). The normalized spacial score (nSPS) is 12.3. The molecular weight excluding hydrogens is 232 g/mol. The molecule has 5 heteroatoms. The van der Waals surface area contributed by atoms with Gasteiger partial charge in [-0.3, -0.25) is 9.89 Å². The van der Waals surface area contributed by atoms with Crippen molar-refractivity contribution in [3.63, 3.8) is 0 Å². The average Bonchev–Trinajstić information content (AvgIpc) is 2.77. The van der Waals surface area contributed by atoms with Gasteiger partial charge < -0.3 is 10.2 Å². The highest BCUT2D eigenvalue weighted by atomic mass is 16.4. The summed E-state index contributed by atoms with van der Waals surface area (Å²) in [5.41, 5.74) is 2.39. The lowest BCUT2D eigenvalue weighted by Crippen LogP contribution is -2.12. The molecule has 1 aromatic heterocycles. The van der Waals surface area contributed by atoms with Gasteiger partial charge in [-0.1, -0.05) is 19.1 Å². The SMILES string of the molecule is CC(Cc1[nH]ncc1-c1cccc(O)c1)C(=O)O. The van der Waals surface area contributed by atoms with Crippen LogP contribution >= 0.6 is 0 Å². The van der Waals surface area contributed by atoms with Crippen molar-refractivity contribution in [2.75, 3.05) is 0 Å². The Morgan fingerprint density at radius 2 is 2.28 bits per heavy atom. The Morgan fingerprint density at radius 3 is 2.94 bits per heavy atom. The van der Waals surface area contributed by atoms with Crippen LogP contribution in [0.3, 0.4) is 0 Å². The molecule has 1 heterocycles. The van der Waals surface area contributed by atoms with Gasteiger partial charge in [0, 0.05) is 17.7 Å². The Balaban J connectivity index is 2.30. The van der Waals surface area contributed by atoms with E-state index in [1.165, 1.54) is 0 Å². The number of hydrogen-bond donors (Lipinski definition) is 3. The van der Waals surface area contributed by atoms with Gasteiger partial charge in [0.2, 0.25) is 0 Å². The number of H-pyrrole nitrogens is 1. The molecule has 3 N–H and O–H groups in total. The summed E-state index contributed by atoms with van der Waals surface area (Å²) < 4.78 is 0. The lowest BCUT2D eigenvalue weighted by molar-refractivity contribution is -0.141. The topological polar surface area (TPSA) is 86.2 Å². The van der Waals surface area contributed by atoms with Crippen LogP contribution in [0.1, 0.15) is 12.6 Å². The van der Waals surface area contributed by atoms with E-state index in [1.54, 1.807) is 31.3 Å². The van der Waals surface area contributed by atoms with Gasteiger partial charge >= 0.3 is 5.97 Å². The largest absolute Gasteiger partial charge is 0.508 e. The first-order valence-corrected chi connectivity index (χ1v) is 5.62. The summed E-state index contributed by atoms with van der Waals surface area (Å²) >= 11 is 0. The second-order valence-electron chi connectivity index (χ2n) is 4.26. The van der Waals surface area contributed by atoms with Crippen LogP contribution in [0.15, 0.2) is 30.5 Å². The predicted octanol–water partition coefficient (Wildman–Crippen LogP) is 2.05. The molecular formula is C13H14N2O3. The Hall–Kier alpha value is -2.30. The Bertz CT molecular complexity index is 563. The molecule has 94 valence electrons. The van der Waals surface area contributed by atoms with E-state index in [1.807, 2.05) is 6.07 Å². The maximum absolute atomic E-state index is 10.9. The third kappa shape index (κ3) is 2.51. The Morgan fingerprint density at radius 1 is 1.50 bits per heavy atom. The molecule has 0 saturated heterocycles. The minimum atomic E-state index is -0.841. The number of carboxylic acid groups (broad SMARTS) is 1. The number of rotatable bonds is 4. The van der Waals surface area contributed by atoms with E-state index >= 15 is 0 Å². The third-order valence-corrected chi connectivity index (χ3v) is 2.81. The zero-order valence-corrected chi connectivity index (χ0v) is 9.92. The number of hydrogen-bond acceptors (Lipinski definition) is 3. The molecule has 0 fully saturated rings. The molecule has 1 atom stereocenters. The number of aromatic hydroxyl groups is 1. The minimum Gasteiger partial charge on any atom is -0.508 e. The fraction of sp³-hybridized carbons (Fsp3) is 0.231. The van der Waals surface area contributed by atoms with Crippen molar-refractivity contribution < 1.29 is 15.0 Å². The van der Waals surface area contributed by atoms with E-state index in [-0.39, 0.29) is 5.75 Å².